The summed E-state index contributed by atoms with van der Waals surface area (Å²) in [5, 5.41) is 5.23. The smallest absolute Gasteiger partial charge is 0.325 e. The third-order valence-corrected chi connectivity index (χ3v) is 5.95. The minimum Gasteiger partial charge on any atom is -0.486 e. The molecule has 2 aliphatic heterocycles. The van der Waals surface area contributed by atoms with E-state index in [4.69, 9.17) is 9.47 Å². The number of nitrogens with zero attached hydrogens (tertiary/aromatic N) is 1. The summed E-state index contributed by atoms with van der Waals surface area (Å²) in [7, 11) is 0. The number of fused-ring (bicyclic) bond motifs is 1. The lowest BCUT2D eigenvalue weighted by Crippen LogP contribution is -2.44. The van der Waals surface area contributed by atoms with Gasteiger partial charge in [0, 0.05) is 5.56 Å². The summed E-state index contributed by atoms with van der Waals surface area (Å²) >= 11 is 0. The summed E-state index contributed by atoms with van der Waals surface area (Å²) < 4.78 is 39.2. The second-order valence-corrected chi connectivity index (χ2v) is 8.76. The maximum atomic E-state index is 14.3. The van der Waals surface area contributed by atoms with Crippen molar-refractivity contribution in [3.63, 3.8) is 0 Å². The number of ether oxygens (including phenoxy) is 2. The molecule has 2 atom stereocenters. The van der Waals surface area contributed by atoms with Crippen LogP contribution < -0.4 is 20.1 Å². The average Bonchev–Trinajstić information content (AvgIpc) is 3.02. The SMILES string of the molecule is CC(C)C(NC(=O)CN1C(=O)NC(C)(c2cc(F)ccc2F)C1=O)c1ccc2c(c1)OCCO2. The lowest BCUT2D eigenvalue weighted by molar-refractivity contribution is -0.135. The number of rotatable bonds is 6. The maximum Gasteiger partial charge on any atom is 0.325 e. The van der Waals surface area contributed by atoms with Gasteiger partial charge in [-0.05, 0) is 48.7 Å². The van der Waals surface area contributed by atoms with E-state index in [0.717, 1.165) is 23.8 Å². The Morgan fingerprint density at radius 3 is 2.53 bits per heavy atom. The largest absolute Gasteiger partial charge is 0.486 e. The Bertz CT molecular complexity index is 1160. The molecule has 2 unspecified atom stereocenters. The van der Waals surface area contributed by atoms with Crippen molar-refractivity contribution in [2.24, 2.45) is 5.92 Å². The van der Waals surface area contributed by atoms with Gasteiger partial charge < -0.3 is 20.1 Å². The first-order valence-electron chi connectivity index (χ1n) is 10.9. The Morgan fingerprint density at radius 2 is 1.82 bits per heavy atom. The van der Waals surface area contributed by atoms with Gasteiger partial charge in [0.15, 0.2) is 11.5 Å². The van der Waals surface area contributed by atoms with Crippen LogP contribution in [0.1, 0.15) is 37.9 Å². The number of hydrogen-bond acceptors (Lipinski definition) is 5. The average molecular weight is 473 g/mol. The third-order valence-electron chi connectivity index (χ3n) is 5.95. The molecule has 0 spiro atoms. The fourth-order valence-electron chi connectivity index (χ4n) is 4.15. The molecule has 0 aromatic heterocycles. The van der Waals surface area contributed by atoms with Crippen molar-refractivity contribution in [3.05, 3.63) is 59.2 Å². The van der Waals surface area contributed by atoms with Gasteiger partial charge in [0.2, 0.25) is 5.91 Å². The molecule has 8 nitrogen and oxygen atoms in total. The number of benzene rings is 2. The highest BCUT2D eigenvalue weighted by atomic mass is 19.1. The molecule has 2 aromatic rings. The van der Waals surface area contributed by atoms with E-state index in [2.05, 4.69) is 10.6 Å². The zero-order valence-electron chi connectivity index (χ0n) is 19.0. The van der Waals surface area contributed by atoms with E-state index < -0.39 is 47.6 Å². The molecular weight excluding hydrogens is 448 g/mol. The first-order valence-corrected chi connectivity index (χ1v) is 10.9. The zero-order valence-corrected chi connectivity index (χ0v) is 19.0. The molecule has 2 heterocycles. The molecule has 0 saturated carbocycles. The summed E-state index contributed by atoms with van der Waals surface area (Å²) in [6.45, 7) is 5.41. The summed E-state index contributed by atoms with van der Waals surface area (Å²) in [6.07, 6.45) is 0. The van der Waals surface area contributed by atoms with Crippen LogP contribution >= 0.6 is 0 Å². The van der Waals surface area contributed by atoms with E-state index in [-0.39, 0.29) is 11.5 Å². The number of nitrogens with one attached hydrogen (secondary N) is 2. The van der Waals surface area contributed by atoms with Crippen LogP contribution in [-0.4, -0.2) is 42.5 Å². The fourth-order valence-corrected chi connectivity index (χ4v) is 4.15. The lowest BCUT2D eigenvalue weighted by Gasteiger charge is -2.26. The molecule has 2 aromatic carbocycles. The summed E-state index contributed by atoms with van der Waals surface area (Å²) in [5.41, 5.74) is -1.38. The highest BCUT2D eigenvalue weighted by molar-refractivity contribution is 6.09. The predicted octanol–water partition coefficient (Wildman–Crippen LogP) is 3.02. The standard InChI is InChI=1S/C24H25F2N3O5/c1-13(2)21(14-4-7-18-19(10-14)34-9-8-33-18)27-20(30)12-29-22(31)24(3,28-23(29)32)16-11-15(25)5-6-17(16)26/h4-7,10-11,13,21H,8-9,12H2,1-3H3,(H,27,30)(H,28,32). The number of hydrogen-bond donors (Lipinski definition) is 2. The molecular formula is C24H25F2N3O5. The topological polar surface area (TPSA) is 97.0 Å². The van der Waals surface area contributed by atoms with E-state index in [9.17, 15) is 23.2 Å². The van der Waals surface area contributed by atoms with Crippen LogP contribution in [0.5, 0.6) is 11.5 Å². The molecule has 2 aliphatic rings. The molecule has 0 bridgehead atoms. The lowest BCUT2D eigenvalue weighted by atomic mass is 9.91. The molecule has 0 aliphatic carbocycles. The van der Waals surface area contributed by atoms with Crippen LogP contribution in [0.2, 0.25) is 0 Å². The summed E-state index contributed by atoms with van der Waals surface area (Å²) in [6, 6.07) is 6.72. The van der Waals surface area contributed by atoms with Crippen LogP contribution in [0.25, 0.3) is 0 Å². The Morgan fingerprint density at radius 1 is 1.12 bits per heavy atom. The van der Waals surface area contributed by atoms with Crippen molar-refractivity contribution >= 4 is 17.8 Å². The summed E-state index contributed by atoms with van der Waals surface area (Å²) in [4.78, 5) is 39.1. The van der Waals surface area contributed by atoms with Crippen LogP contribution in [0.4, 0.5) is 13.6 Å². The highest BCUT2D eigenvalue weighted by Crippen LogP contribution is 2.35. The van der Waals surface area contributed by atoms with Gasteiger partial charge in [-0.1, -0.05) is 19.9 Å². The highest BCUT2D eigenvalue weighted by Gasteiger charge is 2.51. The van der Waals surface area contributed by atoms with Gasteiger partial charge in [0.05, 0.1) is 6.04 Å². The van der Waals surface area contributed by atoms with E-state index >= 15 is 0 Å². The predicted molar refractivity (Wildman–Crippen MR) is 117 cm³/mol. The van der Waals surface area contributed by atoms with Crippen molar-refractivity contribution in [1.82, 2.24) is 15.5 Å². The molecule has 34 heavy (non-hydrogen) atoms. The van der Waals surface area contributed by atoms with Crippen molar-refractivity contribution in [1.29, 1.82) is 0 Å². The van der Waals surface area contributed by atoms with E-state index in [1.54, 1.807) is 12.1 Å². The van der Waals surface area contributed by atoms with Crippen LogP contribution in [-0.2, 0) is 15.1 Å². The van der Waals surface area contributed by atoms with Crippen molar-refractivity contribution < 1.29 is 32.6 Å². The van der Waals surface area contributed by atoms with E-state index in [1.165, 1.54) is 6.92 Å². The minimum atomic E-state index is -1.84. The second kappa shape index (κ2) is 8.92. The minimum absolute atomic E-state index is 0.0266. The number of carbonyl (C=O) groups excluding carboxylic acids is 3. The molecule has 4 amide bonds. The zero-order chi connectivity index (χ0) is 24.6. The van der Waals surface area contributed by atoms with Gasteiger partial charge in [0.1, 0.15) is 36.9 Å². The Labute approximate surface area is 195 Å². The summed E-state index contributed by atoms with van der Waals surface area (Å²) in [5.74, 6) is -1.87. The molecule has 180 valence electrons. The van der Waals surface area contributed by atoms with Gasteiger partial charge >= 0.3 is 6.03 Å². The van der Waals surface area contributed by atoms with Gasteiger partial charge in [0.25, 0.3) is 5.91 Å². The number of amides is 4. The molecule has 0 radical (unpaired) electrons. The Balaban J connectivity index is 1.51. The number of halogens is 2. The van der Waals surface area contributed by atoms with E-state index in [1.807, 2.05) is 19.9 Å². The van der Waals surface area contributed by atoms with Crippen LogP contribution in [0.15, 0.2) is 36.4 Å². The van der Waals surface area contributed by atoms with Gasteiger partial charge in [-0.15, -0.1) is 0 Å². The molecule has 1 fully saturated rings. The number of carbonyl (C=O) groups is 3. The van der Waals surface area contributed by atoms with Crippen LogP contribution in [0, 0.1) is 17.6 Å². The van der Waals surface area contributed by atoms with Crippen molar-refractivity contribution in [2.45, 2.75) is 32.4 Å². The first-order chi connectivity index (χ1) is 16.1. The molecule has 10 heteroatoms. The first kappa shape index (κ1) is 23.5. The van der Waals surface area contributed by atoms with Crippen molar-refractivity contribution in [3.8, 4) is 11.5 Å². The van der Waals surface area contributed by atoms with Gasteiger partial charge in [-0.3, -0.25) is 14.5 Å². The monoisotopic (exact) mass is 473 g/mol. The van der Waals surface area contributed by atoms with Gasteiger partial charge in [-0.2, -0.15) is 0 Å². The maximum absolute atomic E-state index is 14.3. The third kappa shape index (κ3) is 4.27. The van der Waals surface area contributed by atoms with Gasteiger partial charge in [-0.25, -0.2) is 13.6 Å². The second-order valence-electron chi connectivity index (χ2n) is 8.76. The Kier molecular flexibility index (Phi) is 6.16. The van der Waals surface area contributed by atoms with E-state index in [0.29, 0.717) is 29.6 Å². The Hall–Kier alpha value is -3.69. The quantitative estimate of drug-likeness (QED) is 0.629. The van der Waals surface area contributed by atoms with Crippen molar-refractivity contribution in [2.75, 3.05) is 19.8 Å². The molecule has 4 rings (SSSR count). The molecule has 2 N–H and O–H groups in total. The normalized spacial score (nSPS) is 20.4. The van der Waals surface area contributed by atoms with Crippen LogP contribution in [0.3, 0.4) is 0 Å². The molecule has 1 saturated heterocycles. The number of urea groups is 1. The number of imide groups is 1. The fraction of sp³-hybridized carbons (Fsp3) is 0.375.